The van der Waals surface area contributed by atoms with Gasteiger partial charge in [-0.2, -0.15) is 5.10 Å². The maximum Gasteiger partial charge on any atom is 0.305 e. The van der Waals surface area contributed by atoms with Crippen molar-refractivity contribution in [2.75, 3.05) is 19.7 Å². The minimum Gasteiger partial charge on any atom is -0.481 e. The predicted molar refractivity (Wildman–Crippen MR) is 82.7 cm³/mol. The van der Waals surface area contributed by atoms with Crippen molar-refractivity contribution in [3.8, 4) is 0 Å². The average molecular weight is 316 g/mol. The summed E-state index contributed by atoms with van der Waals surface area (Å²) >= 11 is 0. The van der Waals surface area contributed by atoms with Crippen molar-refractivity contribution in [1.29, 1.82) is 0 Å². The highest BCUT2D eigenvalue weighted by atomic mass is 16.5. The van der Waals surface area contributed by atoms with Crippen LogP contribution in [0, 0.1) is 0 Å². The van der Waals surface area contributed by atoms with Crippen LogP contribution >= 0.6 is 0 Å². The number of aliphatic carboxylic acids is 1. The van der Waals surface area contributed by atoms with Gasteiger partial charge in [0.15, 0.2) is 0 Å². The summed E-state index contributed by atoms with van der Waals surface area (Å²) in [6.45, 7) is 3.56. The van der Waals surface area contributed by atoms with Crippen molar-refractivity contribution in [3.63, 3.8) is 0 Å². The van der Waals surface area contributed by atoms with Gasteiger partial charge in [0.2, 0.25) is 0 Å². The number of hydrogen-bond donors (Lipinski definition) is 1. The van der Waals surface area contributed by atoms with E-state index >= 15 is 0 Å². The van der Waals surface area contributed by atoms with Gasteiger partial charge in [0.25, 0.3) is 0 Å². The molecule has 23 heavy (non-hydrogen) atoms. The van der Waals surface area contributed by atoms with E-state index in [2.05, 4.69) is 15.0 Å². The van der Waals surface area contributed by atoms with E-state index in [-0.39, 0.29) is 12.5 Å². The number of pyridine rings is 1. The second kappa shape index (κ2) is 7.34. The molecule has 122 valence electrons. The number of carbonyl (C=O) groups is 1. The van der Waals surface area contributed by atoms with E-state index in [1.807, 2.05) is 24.5 Å². The Labute approximate surface area is 134 Å². The molecular weight excluding hydrogens is 296 g/mol. The van der Waals surface area contributed by atoms with Crippen LogP contribution in [0.1, 0.15) is 23.7 Å². The monoisotopic (exact) mass is 316 g/mol. The van der Waals surface area contributed by atoms with E-state index in [4.69, 9.17) is 9.84 Å². The number of ether oxygens (including phenoxy) is 1. The minimum absolute atomic E-state index is 0.0412. The lowest BCUT2D eigenvalue weighted by molar-refractivity contribution is -0.137. The van der Waals surface area contributed by atoms with Crippen LogP contribution in [-0.2, 0) is 22.6 Å². The highest BCUT2D eigenvalue weighted by molar-refractivity contribution is 5.66. The lowest BCUT2D eigenvalue weighted by Gasteiger charge is -2.32. The molecule has 0 spiro atoms. The topological polar surface area (TPSA) is 80.5 Å². The first-order chi connectivity index (χ1) is 11.2. The van der Waals surface area contributed by atoms with Crippen molar-refractivity contribution in [2.24, 2.45) is 0 Å². The zero-order valence-electron chi connectivity index (χ0n) is 12.8. The molecular formula is C16H20N4O3. The third kappa shape index (κ3) is 4.37. The van der Waals surface area contributed by atoms with Crippen molar-refractivity contribution in [2.45, 2.75) is 25.6 Å². The summed E-state index contributed by atoms with van der Waals surface area (Å²) in [5.74, 6) is -0.811. The smallest absolute Gasteiger partial charge is 0.305 e. The molecule has 7 heteroatoms. The van der Waals surface area contributed by atoms with Crippen molar-refractivity contribution in [3.05, 3.63) is 48.0 Å². The first kappa shape index (κ1) is 15.6. The number of nitrogens with zero attached hydrogens (tertiary/aromatic N) is 4. The number of morpholine rings is 1. The Morgan fingerprint density at radius 3 is 3.13 bits per heavy atom. The summed E-state index contributed by atoms with van der Waals surface area (Å²) in [7, 11) is 0. The number of hydrogen-bond acceptors (Lipinski definition) is 5. The molecule has 0 saturated carbocycles. The molecule has 1 unspecified atom stereocenters. The molecule has 0 aliphatic carbocycles. The van der Waals surface area contributed by atoms with Crippen molar-refractivity contribution in [1.82, 2.24) is 19.7 Å². The average Bonchev–Trinajstić information content (AvgIpc) is 3.01. The number of aromatic nitrogens is 3. The highest BCUT2D eigenvalue weighted by Gasteiger charge is 2.22. The summed E-state index contributed by atoms with van der Waals surface area (Å²) in [4.78, 5) is 17.1. The van der Waals surface area contributed by atoms with E-state index in [9.17, 15) is 4.79 Å². The van der Waals surface area contributed by atoms with E-state index in [0.29, 0.717) is 13.2 Å². The van der Waals surface area contributed by atoms with Gasteiger partial charge in [-0.1, -0.05) is 6.07 Å². The summed E-state index contributed by atoms with van der Waals surface area (Å²) in [6, 6.07) is 3.95. The molecule has 2 aromatic rings. The van der Waals surface area contributed by atoms with Crippen LogP contribution in [0.15, 0.2) is 36.9 Å². The lowest BCUT2D eigenvalue weighted by atomic mass is 10.1. The van der Waals surface area contributed by atoms with Crippen LogP contribution < -0.4 is 0 Å². The Kier molecular flexibility index (Phi) is 4.99. The normalized spacial score (nSPS) is 18.9. The molecule has 1 fully saturated rings. The Morgan fingerprint density at radius 1 is 1.43 bits per heavy atom. The summed E-state index contributed by atoms with van der Waals surface area (Å²) in [5, 5.41) is 12.9. The first-order valence-corrected chi connectivity index (χ1v) is 7.68. The fraction of sp³-hybridized carbons (Fsp3) is 0.438. The molecule has 0 aromatic carbocycles. The van der Waals surface area contributed by atoms with E-state index < -0.39 is 5.97 Å². The molecule has 1 aliphatic heterocycles. The minimum atomic E-state index is -0.811. The third-order valence-electron chi connectivity index (χ3n) is 3.85. The first-order valence-electron chi connectivity index (χ1n) is 7.68. The molecule has 1 N–H and O–H groups in total. The van der Waals surface area contributed by atoms with Gasteiger partial charge in [0.05, 0.1) is 31.9 Å². The van der Waals surface area contributed by atoms with Crippen molar-refractivity contribution < 1.29 is 14.6 Å². The molecule has 0 bridgehead atoms. The second-order valence-electron chi connectivity index (χ2n) is 5.64. The molecule has 1 aliphatic rings. The molecule has 0 radical (unpaired) electrons. The zero-order valence-corrected chi connectivity index (χ0v) is 12.8. The number of aryl methyl sites for hydroxylation is 1. The van der Waals surface area contributed by atoms with Crippen molar-refractivity contribution >= 4 is 5.97 Å². The van der Waals surface area contributed by atoms with E-state index in [1.165, 1.54) is 0 Å². The summed E-state index contributed by atoms with van der Waals surface area (Å²) in [5.41, 5.74) is 2.18. The van der Waals surface area contributed by atoms with E-state index in [1.54, 1.807) is 17.1 Å². The fourth-order valence-corrected chi connectivity index (χ4v) is 2.69. The predicted octanol–water partition coefficient (Wildman–Crippen LogP) is 1.33. The molecule has 2 aromatic heterocycles. The van der Waals surface area contributed by atoms with Gasteiger partial charge in [-0.3, -0.25) is 19.4 Å². The molecule has 1 atom stereocenters. The SMILES string of the molecule is O=C(O)CCn1cc(CN2CCOC(c3cccnc3)C2)cn1. The highest BCUT2D eigenvalue weighted by Crippen LogP contribution is 2.22. The van der Waals surface area contributed by atoms with Gasteiger partial charge in [0, 0.05) is 49.4 Å². The van der Waals surface area contributed by atoms with Gasteiger partial charge in [-0.25, -0.2) is 0 Å². The Morgan fingerprint density at radius 2 is 2.35 bits per heavy atom. The Bertz CT molecular complexity index is 644. The Balaban J connectivity index is 1.56. The summed E-state index contributed by atoms with van der Waals surface area (Å²) < 4.78 is 7.52. The van der Waals surface area contributed by atoms with E-state index in [0.717, 1.165) is 30.8 Å². The van der Waals surface area contributed by atoms with Crippen LogP contribution in [0.3, 0.4) is 0 Å². The van der Waals surface area contributed by atoms with Crippen LogP contribution in [0.4, 0.5) is 0 Å². The third-order valence-corrected chi connectivity index (χ3v) is 3.85. The van der Waals surface area contributed by atoms with Gasteiger partial charge < -0.3 is 9.84 Å². The lowest BCUT2D eigenvalue weighted by Crippen LogP contribution is -2.37. The van der Waals surface area contributed by atoms with Crippen LogP contribution in [-0.4, -0.2) is 50.4 Å². The number of carboxylic acids is 1. The molecule has 0 amide bonds. The maximum atomic E-state index is 10.6. The van der Waals surface area contributed by atoms with Crippen LogP contribution in [0.2, 0.25) is 0 Å². The van der Waals surface area contributed by atoms with Crippen LogP contribution in [0.5, 0.6) is 0 Å². The molecule has 7 nitrogen and oxygen atoms in total. The standard InChI is InChI=1S/C16H20N4O3/c21-16(22)3-5-20-11-13(8-18-20)10-19-6-7-23-15(12-19)14-2-1-4-17-9-14/h1-2,4,8-9,11,15H,3,5-7,10,12H2,(H,21,22). The van der Waals surface area contributed by atoms with Gasteiger partial charge in [-0.05, 0) is 6.07 Å². The largest absolute Gasteiger partial charge is 0.481 e. The number of carboxylic acid groups (broad SMARTS) is 1. The quantitative estimate of drug-likeness (QED) is 0.866. The maximum absolute atomic E-state index is 10.6. The van der Waals surface area contributed by atoms with Gasteiger partial charge >= 0.3 is 5.97 Å². The summed E-state index contributed by atoms with van der Waals surface area (Å²) in [6.07, 6.45) is 7.45. The zero-order chi connectivity index (χ0) is 16.1. The van der Waals surface area contributed by atoms with Gasteiger partial charge in [-0.15, -0.1) is 0 Å². The molecule has 3 rings (SSSR count). The molecule has 3 heterocycles. The van der Waals surface area contributed by atoms with Gasteiger partial charge in [0.1, 0.15) is 0 Å². The number of rotatable bonds is 6. The Hall–Kier alpha value is -2.25. The van der Waals surface area contributed by atoms with Crippen LogP contribution in [0.25, 0.3) is 0 Å². The fourth-order valence-electron chi connectivity index (χ4n) is 2.69. The molecule has 1 saturated heterocycles. The second-order valence-corrected chi connectivity index (χ2v) is 5.64.